The molecule has 2 aromatic rings. The van der Waals surface area contributed by atoms with Gasteiger partial charge in [-0.2, -0.15) is 0 Å². The number of aromatic nitrogens is 1. The maximum atomic E-state index is 12.0. The van der Waals surface area contributed by atoms with Crippen molar-refractivity contribution in [3.05, 3.63) is 47.6 Å². The number of allylic oxidation sites excluding steroid dienone is 3. The lowest BCUT2D eigenvalue weighted by Gasteiger charge is -2.56. The second-order valence-corrected chi connectivity index (χ2v) is 13.3. The number of thioether (sulfide) groups is 1. The van der Waals surface area contributed by atoms with Crippen molar-refractivity contribution in [2.24, 2.45) is 22.7 Å². The Morgan fingerprint density at radius 3 is 2.72 bits per heavy atom. The van der Waals surface area contributed by atoms with E-state index in [4.69, 9.17) is 4.98 Å². The molecule has 1 heterocycles. The van der Waals surface area contributed by atoms with Crippen molar-refractivity contribution < 1.29 is 10.2 Å². The first-order chi connectivity index (χ1) is 15.3. The van der Waals surface area contributed by atoms with Gasteiger partial charge in [0.25, 0.3) is 0 Å². The molecule has 0 radical (unpaired) electrons. The molecular formula is C27H33NO2S2. The molecule has 6 rings (SSSR count). The minimum atomic E-state index is -0.653. The normalized spacial score (nSPS) is 40.9. The predicted octanol–water partition coefficient (Wildman–Crippen LogP) is 6.36. The van der Waals surface area contributed by atoms with Gasteiger partial charge in [0.05, 0.1) is 21.9 Å². The summed E-state index contributed by atoms with van der Waals surface area (Å²) in [6.45, 7) is 4.79. The van der Waals surface area contributed by atoms with Gasteiger partial charge in [-0.25, -0.2) is 4.98 Å². The number of hydrogen-bond donors (Lipinski definition) is 2. The van der Waals surface area contributed by atoms with Crippen molar-refractivity contribution in [2.45, 2.75) is 74.8 Å². The van der Waals surface area contributed by atoms with E-state index in [9.17, 15) is 10.2 Å². The molecule has 0 aliphatic heterocycles. The first-order valence-corrected chi connectivity index (χ1v) is 13.9. The van der Waals surface area contributed by atoms with Gasteiger partial charge in [0.15, 0.2) is 4.34 Å². The van der Waals surface area contributed by atoms with Crippen molar-refractivity contribution in [3.8, 4) is 0 Å². The number of nitrogens with zero attached hydrogens (tertiary/aromatic N) is 1. The number of benzene rings is 1. The average molecular weight is 468 g/mol. The molecule has 32 heavy (non-hydrogen) atoms. The Morgan fingerprint density at radius 1 is 1.06 bits per heavy atom. The number of fused-ring (bicyclic) bond motifs is 6. The molecule has 0 unspecified atom stereocenters. The molecule has 6 atom stereocenters. The molecule has 0 spiro atoms. The summed E-state index contributed by atoms with van der Waals surface area (Å²) >= 11 is 3.48. The molecule has 0 saturated heterocycles. The Morgan fingerprint density at radius 2 is 1.88 bits per heavy atom. The molecule has 4 aliphatic carbocycles. The summed E-state index contributed by atoms with van der Waals surface area (Å²) in [6.07, 6.45) is 11.6. The Kier molecular flexibility index (Phi) is 4.97. The smallest absolute Gasteiger partial charge is 0.151 e. The molecule has 5 heteroatoms. The average Bonchev–Trinajstić information content (AvgIpc) is 3.31. The summed E-state index contributed by atoms with van der Waals surface area (Å²) in [5, 5.41) is 22.2. The monoisotopic (exact) mass is 467 g/mol. The lowest BCUT2D eigenvalue weighted by molar-refractivity contribution is -0.0678. The van der Waals surface area contributed by atoms with Crippen LogP contribution in [0.15, 0.2) is 51.9 Å². The summed E-state index contributed by atoms with van der Waals surface area (Å²) in [5.74, 6) is 1.76. The summed E-state index contributed by atoms with van der Waals surface area (Å²) < 4.78 is 2.29. The number of aliphatic hydroxyl groups excluding tert-OH is 1. The Labute approximate surface area is 199 Å². The highest BCUT2D eigenvalue weighted by atomic mass is 32.2. The summed E-state index contributed by atoms with van der Waals surface area (Å²) in [7, 11) is 0. The second kappa shape index (κ2) is 7.43. The van der Waals surface area contributed by atoms with Crippen LogP contribution in [0.1, 0.15) is 58.8 Å². The van der Waals surface area contributed by atoms with Crippen LogP contribution in [0.4, 0.5) is 0 Å². The van der Waals surface area contributed by atoms with Crippen molar-refractivity contribution in [1.29, 1.82) is 0 Å². The van der Waals surface area contributed by atoms with E-state index >= 15 is 0 Å². The first kappa shape index (κ1) is 21.4. The third-order valence-corrected chi connectivity index (χ3v) is 12.0. The van der Waals surface area contributed by atoms with E-state index in [1.54, 1.807) is 28.7 Å². The second-order valence-electron chi connectivity index (χ2n) is 11.0. The van der Waals surface area contributed by atoms with Gasteiger partial charge in [0.2, 0.25) is 0 Å². The molecule has 0 amide bonds. The fourth-order valence-corrected chi connectivity index (χ4v) is 9.80. The SMILES string of the molecule is C[C@]12CC[C@H](O)CC1=CC=C1[C@@H]2CC[C@@]2(C)[C@H]1CC[C@@]2(O)CSc1nc2ccccc2s1. The van der Waals surface area contributed by atoms with E-state index in [1.165, 1.54) is 10.3 Å². The van der Waals surface area contributed by atoms with Crippen molar-refractivity contribution >= 4 is 33.3 Å². The highest BCUT2D eigenvalue weighted by molar-refractivity contribution is 8.01. The van der Waals surface area contributed by atoms with Gasteiger partial charge in [-0.05, 0) is 74.3 Å². The molecule has 2 N–H and O–H groups in total. The van der Waals surface area contributed by atoms with Gasteiger partial charge in [0.1, 0.15) is 0 Å². The summed E-state index contributed by atoms with van der Waals surface area (Å²) in [5.41, 5.74) is 3.56. The lowest BCUT2D eigenvalue weighted by atomic mass is 9.50. The zero-order chi connectivity index (χ0) is 22.1. The van der Waals surface area contributed by atoms with Gasteiger partial charge in [-0.3, -0.25) is 0 Å². The number of rotatable bonds is 3. The zero-order valence-corrected chi connectivity index (χ0v) is 20.6. The van der Waals surface area contributed by atoms with Gasteiger partial charge >= 0.3 is 0 Å². The van der Waals surface area contributed by atoms with Crippen molar-refractivity contribution in [1.82, 2.24) is 4.98 Å². The highest BCUT2D eigenvalue weighted by Gasteiger charge is 2.61. The lowest BCUT2D eigenvalue weighted by Crippen LogP contribution is -2.52. The molecule has 1 aromatic heterocycles. The van der Waals surface area contributed by atoms with E-state index in [0.29, 0.717) is 11.8 Å². The third kappa shape index (κ3) is 3.04. The standard InChI is InChI=1S/C27H33NO2S2/c1-25-12-9-18(29)15-17(25)7-8-19-20(25)10-13-26(2)21(19)11-14-27(26,30)16-31-24-28-22-5-3-4-6-23(22)32-24/h3-8,18,20-21,29-30H,9-16H2,1-2H3/t18-,20-,21-,25-,26-,27+/m0/s1. The Bertz CT molecular complexity index is 1090. The van der Waals surface area contributed by atoms with Gasteiger partial charge < -0.3 is 10.2 Å². The van der Waals surface area contributed by atoms with Gasteiger partial charge in [-0.1, -0.05) is 61.0 Å². The van der Waals surface area contributed by atoms with E-state index < -0.39 is 5.60 Å². The minimum absolute atomic E-state index is 0.0745. The van der Waals surface area contributed by atoms with E-state index in [2.05, 4.69) is 44.2 Å². The Hall–Kier alpha value is -1.14. The van der Waals surface area contributed by atoms with Crippen LogP contribution in [-0.4, -0.2) is 32.7 Å². The van der Waals surface area contributed by atoms with E-state index in [-0.39, 0.29) is 16.9 Å². The summed E-state index contributed by atoms with van der Waals surface area (Å²) in [4.78, 5) is 4.79. The minimum Gasteiger partial charge on any atom is -0.393 e. The van der Waals surface area contributed by atoms with Crippen LogP contribution in [0.25, 0.3) is 10.2 Å². The number of hydrogen-bond acceptors (Lipinski definition) is 5. The van der Waals surface area contributed by atoms with Crippen LogP contribution in [0.5, 0.6) is 0 Å². The molecular weight excluding hydrogens is 434 g/mol. The highest BCUT2D eigenvalue weighted by Crippen LogP contribution is 2.66. The first-order valence-electron chi connectivity index (χ1n) is 12.1. The van der Waals surface area contributed by atoms with Crippen LogP contribution in [-0.2, 0) is 0 Å². The van der Waals surface area contributed by atoms with Crippen molar-refractivity contribution in [2.75, 3.05) is 5.75 Å². The maximum absolute atomic E-state index is 12.0. The number of aliphatic hydroxyl groups is 2. The van der Waals surface area contributed by atoms with Crippen LogP contribution in [0.3, 0.4) is 0 Å². The van der Waals surface area contributed by atoms with Crippen LogP contribution >= 0.6 is 23.1 Å². The topological polar surface area (TPSA) is 53.4 Å². The predicted molar refractivity (Wildman–Crippen MR) is 133 cm³/mol. The quantitative estimate of drug-likeness (QED) is 0.516. The zero-order valence-electron chi connectivity index (χ0n) is 19.0. The Balaban J connectivity index is 1.26. The molecule has 4 aliphatic rings. The van der Waals surface area contributed by atoms with Crippen molar-refractivity contribution in [3.63, 3.8) is 0 Å². The summed E-state index contributed by atoms with van der Waals surface area (Å²) in [6, 6.07) is 8.30. The molecule has 0 bridgehead atoms. The van der Waals surface area contributed by atoms with E-state index in [1.807, 2.05) is 6.07 Å². The van der Waals surface area contributed by atoms with Gasteiger partial charge in [0, 0.05) is 11.2 Å². The third-order valence-electron chi connectivity index (χ3n) is 9.58. The fourth-order valence-electron chi connectivity index (χ4n) is 7.43. The van der Waals surface area contributed by atoms with Crippen LogP contribution in [0, 0.1) is 22.7 Å². The van der Waals surface area contributed by atoms with Crippen LogP contribution < -0.4 is 0 Å². The number of para-hydroxylation sites is 1. The van der Waals surface area contributed by atoms with Crippen LogP contribution in [0.2, 0.25) is 0 Å². The molecule has 3 nitrogen and oxygen atoms in total. The molecule has 170 valence electrons. The van der Waals surface area contributed by atoms with Gasteiger partial charge in [-0.15, -0.1) is 11.3 Å². The molecule has 1 aromatic carbocycles. The largest absolute Gasteiger partial charge is 0.393 e. The molecule has 3 saturated carbocycles. The van der Waals surface area contributed by atoms with E-state index in [0.717, 1.165) is 60.6 Å². The maximum Gasteiger partial charge on any atom is 0.151 e. The fraction of sp³-hybridized carbons (Fsp3) is 0.593. The molecule has 3 fully saturated rings. The number of thiazole rings is 1.